The monoisotopic (exact) mass is 396 g/mol. The molecule has 0 aliphatic heterocycles. The van der Waals surface area contributed by atoms with Crippen LogP contribution in [0.4, 0.5) is 5.69 Å². The van der Waals surface area contributed by atoms with Gasteiger partial charge in [-0.2, -0.15) is 0 Å². The molecule has 6 nitrogen and oxygen atoms in total. The number of pyridine rings is 1. The second-order valence-corrected chi connectivity index (χ2v) is 6.84. The second kappa shape index (κ2) is 7.33. The van der Waals surface area contributed by atoms with Crippen molar-refractivity contribution in [2.45, 2.75) is 0 Å². The first-order chi connectivity index (χ1) is 14.7. The molecule has 0 bridgehead atoms. The van der Waals surface area contributed by atoms with Gasteiger partial charge in [0.05, 0.1) is 24.4 Å². The first-order valence-electron chi connectivity index (χ1n) is 9.47. The number of anilines is 1. The van der Waals surface area contributed by atoms with Gasteiger partial charge in [0.15, 0.2) is 0 Å². The summed E-state index contributed by atoms with van der Waals surface area (Å²) in [6, 6.07) is 22.6. The van der Waals surface area contributed by atoms with Gasteiger partial charge < -0.3 is 14.5 Å². The Balaban J connectivity index is 1.47. The molecule has 3 aromatic carbocycles. The molecule has 2 N–H and O–H groups in total. The van der Waals surface area contributed by atoms with Crippen LogP contribution in [0.5, 0.6) is 5.75 Å². The fourth-order valence-corrected chi connectivity index (χ4v) is 3.43. The molecule has 0 saturated heterocycles. The number of fused-ring (bicyclic) bond motifs is 2. The molecule has 0 spiro atoms. The lowest BCUT2D eigenvalue weighted by Crippen LogP contribution is -2.13. The highest BCUT2D eigenvalue weighted by Gasteiger charge is 2.18. The lowest BCUT2D eigenvalue weighted by Gasteiger charge is -2.11. The van der Waals surface area contributed by atoms with E-state index >= 15 is 0 Å². The van der Waals surface area contributed by atoms with Crippen molar-refractivity contribution in [2.75, 3.05) is 12.4 Å². The van der Waals surface area contributed by atoms with Crippen molar-refractivity contribution in [1.29, 1.82) is 0 Å². The van der Waals surface area contributed by atoms with Crippen LogP contribution in [0, 0.1) is 0 Å². The van der Waals surface area contributed by atoms with Crippen molar-refractivity contribution >= 4 is 33.6 Å². The number of oxazole rings is 1. The molecule has 0 atom stereocenters. The first-order valence-corrected chi connectivity index (χ1v) is 9.47. The second-order valence-electron chi connectivity index (χ2n) is 6.84. The van der Waals surface area contributed by atoms with Gasteiger partial charge in [0, 0.05) is 10.7 Å². The highest BCUT2D eigenvalue weighted by molar-refractivity contribution is 6.08. The van der Waals surface area contributed by atoms with E-state index in [4.69, 9.17) is 9.15 Å². The third-order valence-electron chi connectivity index (χ3n) is 4.90. The largest absolute Gasteiger partial charge is 0.496 e. The minimum atomic E-state index is -0.249. The molecule has 0 aliphatic carbocycles. The number of aromatic nitrogens is 2. The van der Waals surface area contributed by atoms with Gasteiger partial charge >= 0.3 is 11.5 Å². The predicted molar refractivity (Wildman–Crippen MR) is 114 cm³/mol. The Hall–Kier alpha value is -4.19. The van der Waals surface area contributed by atoms with Gasteiger partial charge in [-0.05, 0) is 53.2 Å². The number of nitrogens with zero attached hydrogens (tertiary/aromatic N) is 1. The number of rotatable bonds is 4. The summed E-state index contributed by atoms with van der Waals surface area (Å²) in [6.07, 6.45) is 1.79. The summed E-state index contributed by atoms with van der Waals surface area (Å²) in [5, 5.41) is 4.93. The Kier molecular flexibility index (Phi) is 4.37. The topological polar surface area (TPSA) is 78.5 Å². The van der Waals surface area contributed by atoms with Gasteiger partial charge in [0.2, 0.25) is 5.58 Å². The third-order valence-corrected chi connectivity index (χ3v) is 4.90. The molecule has 5 rings (SSSR count). The van der Waals surface area contributed by atoms with Gasteiger partial charge in [0.1, 0.15) is 5.75 Å². The summed E-state index contributed by atoms with van der Waals surface area (Å²) in [5.41, 5.74) is 3.21. The number of methoxy groups -OCH3 is 1. The maximum absolute atomic E-state index is 13.0. The predicted octanol–water partition coefficient (Wildman–Crippen LogP) is 4.72. The summed E-state index contributed by atoms with van der Waals surface area (Å²) >= 11 is 0. The number of benzene rings is 3. The van der Waals surface area contributed by atoms with Crippen LogP contribution >= 0.6 is 0 Å². The van der Waals surface area contributed by atoms with Gasteiger partial charge in [-0.25, -0.2) is 4.98 Å². The van der Waals surface area contributed by atoms with E-state index in [9.17, 15) is 4.79 Å². The van der Waals surface area contributed by atoms with Crippen molar-refractivity contribution in [1.82, 2.24) is 4.98 Å². The zero-order valence-electron chi connectivity index (χ0n) is 16.2. The van der Waals surface area contributed by atoms with Crippen LogP contribution in [0.15, 0.2) is 83.4 Å². The quantitative estimate of drug-likeness (QED) is 0.477. The Morgan fingerprint density at radius 2 is 1.83 bits per heavy atom. The zero-order valence-corrected chi connectivity index (χ0v) is 16.2. The van der Waals surface area contributed by atoms with E-state index in [1.807, 2.05) is 72.8 Å². The maximum Gasteiger partial charge on any atom is 0.368 e. The molecule has 0 unspecified atom stereocenters. The average Bonchev–Trinajstić information content (AvgIpc) is 3.23. The number of amides is 1. The van der Waals surface area contributed by atoms with Crippen LogP contribution in [-0.4, -0.2) is 18.0 Å². The number of ether oxygens (including phenoxy) is 1. The van der Waals surface area contributed by atoms with E-state index in [0.717, 1.165) is 16.3 Å². The Morgan fingerprint density at radius 3 is 2.63 bits per heavy atom. The van der Waals surface area contributed by atoms with Crippen LogP contribution in [-0.2, 0) is 0 Å². The fourth-order valence-electron chi connectivity index (χ4n) is 3.43. The van der Waals surface area contributed by atoms with E-state index < -0.39 is 0 Å². The van der Waals surface area contributed by atoms with Crippen LogP contribution in [0.1, 0.15) is 10.4 Å². The van der Waals surface area contributed by atoms with E-state index in [0.29, 0.717) is 34.1 Å². The Labute approximate surface area is 172 Å². The maximum atomic E-state index is 13.0. The van der Waals surface area contributed by atoms with Crippen LogP contribution in [0.2, 0.25) is 0 Å². The summed E-state index contributed by atoms with van der Waals surface area (Å²) in [5.74, 6) is 0.754. The normalized spacial score (nSPS) is 11.0. The standard InChI is InChI=1S/C24H17N3O3/c1-29-21-14-16-7-3-2-6-15(16)13-19(21)23(28)26-18-9-4-8-17(12-18)24-27-22-20(30-24)10-5-11-25-22/h2-14H,1H3,(H,26,28)/p+1. The van der Waals surface area contributed by atoms with Gasteiger partial charge in [-0.1, -0.05) is 30.3 Å². The van der Waals surface area contributed by atoms with E-state index in [1.54, 1.807) is 13.3 Å². The van der Waals surface area contributed by atoms with E-state index in [-0.39, 0.29) is 5.91 Å². The highest BCUT2D eigenvalue weighted by Crippen LogP contribution is 2.28. The molecule has 1 amide bonds. The third kappa shape index (κ3) is 3.24. The van der Waals surface area contributed by atoms with Crippen molar-refractivity contribution in [3.63, 3.8) is 0 Å². The minimum absolute atomic E-state index is 0.249. The van der Waals surface area contributed by atoms with Crippen molar-refractivity contribution < 1.29 is 18.9 Å². The number of carbonyl (C=O) groups is 1. The number of carbonyl (C=O) groups excluding carboxylic acids is 1. The molecule has 2 aromatic heterocycles. The minimum Gasteiger partial charge on any atom is -0.496 e. The molecule has 146 valence electrons. The number of nitrogens with one attached hydrogen (secondary N) is 2. The van der Waals surface area contributed by atoms with Gasteiger partial charge in [-0.15, -0.1) is 0 Å². The van der Waals surface area contributed by atoms with Crippen molar-refractivity contribution in [3.05, 3.63) is 84.6 Å². The van der Waals surface area contributed by atoms with Gasteiger partial charge in [0.25, 0.3) is 5.91 Å². The molecule has 5 aromatic rings. The van der Waals surface area contributed by atoms with Crippen LogP contribution in [0.25, 0.3) is 33.5 Å². The lowest BCUT2D eigenvalue weighted by atomic mass is 10.1. The summed E-state index contributed by atoms with van der Waals surface area (Å²) in [4.78, 5) is 20.5. The first kappa shape index (κ1) is 17.9. The molecule has 0 aliphatic rings. The van der Waals surface area contributed by atoms with Gasteiger partial charge in [-0.3, -0.25) is 4.79 Å². The number of hydrogen-bond acceptors (Lipinski definition) is 4. The van der Waals surface area contributed by atoms with E-state index in [1.165, 1.54) is 0 Å². The zero-order chi connectivity index (χ0) is 20.5. The molecular formula is C24H18N3O3+. The lowest BCUT2D eigenvalue weighted by molar-refractivity contribution is -0.347. The summed E-state index contributed by atoms with van der Waals surface area (Å²) in [6.45, 7) is 0. The van der Waals surface area contributed by atoms with Crippen LogP contribution in [0.3, 0.4) is 0 Å². The molecule has 6 heteroatoms. The number of hydrogen-bond donors (Lipinski definition) is 1. The molecule has 2 heterocycles. The average molecular weight is 396 g/mol. The summed E-state index contributed by atoms with van der Waals surface area (Å²) in [7, 11) is 1.56. The Morgan fingerprint density at radius 1 is 1.00 bits per heavy atom. The summed E-state index contributed by atoms with van der Waals surface area (Å²) < 4.78 is 11.3. The highest BCUT2D eigenvalue weighted by atomic mass is 16.5. The molecule has 0 saturated carbocycles. The smallest absolute Gasteiger partial charge is 0.368 e. The molecule has 30 heavy (non-hydrogen) atoms. The van der Waals surface area contributed by atoms with E-state index in [2.05, 4.69) is 15.3 Å². The van der Waals surface area contributed by atoms with Crippen LogP contribution < -0.4 is 15.0 Å². The molecular weight excluding hydrogens is 378 g/mol. The molecule has 0 radical (unpaired) electrons. The Bertz CT molecular complexity index is 1360. The number of aromatic amines is 1. The van der Waals surface area contributed by atoms with Crippen molar-refractivity contribution in [2.24, 2.45) is 0 Å². The SMILES string of the molecule is COc1cc2ccccc2cc1C(=O)Nc1cccc(-c2nc3[nH+]cccc3o2)c1. The number of H-pyrrole nitrogens is 1. The molecule has 0 fully saturated rings. The van der Waals surface area contributed by atoms with Crippen molar-refractivity contribution in [3.8, 4) is 17.2 Å². The fraction of sp³-hybridized carbons (Fsp3) is 0.0417.